The fourth-order valence-electron chi connectivity index (χ4n) is 3.09. The van der Waals surface area contributed by atoms with Gasteiger partial charge in [0.25, 0.3) is 5.91 Å². The molecule has 3 rings (SSSR count). The highest BCUT2D eigenvalue weighted by Crippen LogP contribution is 2.33. The zero-order valence-corrected chi connectivity index (χ0v) is 20.0. The smallest absolute Gasteiger partial charge is 0.416 e. The number of nitrogens with one attached hydrogen (secondary N) is 1. The second-order valence-corrected chi connectivity index (χ2v) is 8.13. The van der Waals surface area contributed by atoms with Crippen molar-refractivity contribution in [3.63, 3.8) is 0 Å². The molecule has 0 aliphatic carbocycles. The Morgan fingerprint density at radius 2 is 1.89 bits per heavy atom. The summed E-state index contributed by atoms with van der Waals surface area (Å²) in [6, 6.07) is 7.43. The average molecular weight is 550 g/mol. The van der Waals surface area contributed by atoms with Crippen LogP contribution in [-0.2, 0) is 12.6 Å². The third kappa shape index (κ3) is 7.41. The van der Waals surface area contributed by atoms with Crippen molar-refractivity contribution in [3.8, 4) is 17.2 Å². The number of ether oxygens (including phenoxy) is 2. The fraction of sp³-hybridized carbons (Fsp3) is 0.261. The average Bonchev–Trinajstić information content (AvgIpc) is 2.80. The van der Waals surface area contributed by atoms with E-state index in [1.807, 2.05) is 0 Å². The zero-order valence-electron chi connectivity index (χ0n) is 18.5. The number of alkyl halides is 6. The van der Waals surface area contributed by atoms with Gasteiger partial charge in [0.05, 0.1) is 11.8 Å². The lowest BCUT2D eigenvalue weighted by molar-refractivity contribution is -0.137. The van der Waals surface area contributed by atoms with Crippen molar-refractivity contribution in [2.24, 2.45) is 0 Å². The Balaban J connectivity index is 1.78. The van der Waals surface area contributed by atoms with E-state index in [2.05, 4.69) is 20.0 Å². The van der Waals surface area contributed by atoms with E-state index in [-0.39, 0.29) is 46.1 Å². The van der Waals surface area contributed by atoms with Crippen molar-refractivity contribution in [1.29, 1.82) is 0 Å². The molecule has 0 spiro atoms. The Labute approximate surface area is 212 Å². The van der Waals surface area contributed by atoms with Crippen LogP contribution in [0.3, 0.4) is 0 Å². The maximum atomic E-state index is 13.0. The maximum Gasteiger partial charge on any atom is 0.416 e. The van der Waals surface area contributed by atoms with Gasteiger partial charge in [-0.05, 0) is 49.2 Å². The first kappa shape index (κ1) is 27.4. The minimum atomic E-state index is -4.58. The summed E-state index contributed by atoms with van der Waals surface area (Å²) in [7, 11) is 0. The van der Waals surface area contributed by atoms with Crippen molar-refractivity contribution >= 4 is 29.1 Å². The van der Waals surface area contributed by atoms with E-state index in [0.717, 1.165) is 18.2 Å². The van der Waals surface area contributed by atoms with Gasteiger partial charge in [0.2, 0.25) is 0 Å². The molecular formula is C23H18Cl2F5N3O3. The number of amides is 1. The van der Waals surface area contributed by atoms with Crippen molar-refractivity contribution < 1.29 is 36.2 Å². The van der Waals surface area contributed by atoms with E-state index >= 15 is 0 Å². The van der Waals surface area contributed by atoms with E-state index in [9.17, 15) is 26.7 Å². The van der Waals surface area contributed by atoms with Gasteiger partial charge in [0, 0.05) is 16.9 Å². The number of hydrogen-bond acceptors (Lipinski definition) is 5. The summed E-state index contributed by atoms with van der Waals surface area (Å²) < 4.78 is 73.7. The zero-order chi connectivity index (χ0) is 26.5. The van der Waals surface area contributed by atoms with Gasteiger partial charge >= 0.3 is 12.8 Å². The summed E-state index contributed by atoms with van der Waals surface area (Å²) >= 11 is 12.2. The van der Waals surface area contributed by atoms with Crippen LogP contribution in [0.4, 0.5) is 22.0 Å². The highest BCUT2D eigenvalue weighted by molar-refractivity contribution is 6.31. The first-order chi connectivity index (χ1) is 17.0. The Morgan fingerprint density at radius 1 is 1.14 bits per heavy atom. The molecule has 36 heavy (non-hydrogen) atoms. The summed E-state index contributed by atoms with van der Waals surface area (Å²) in [5, 5.41) is 2.79. The van der Waals surface area contributed by atoms with E-state index in [4.69, 9.17) is 27.9 Å². The Bertz CT molecular complexity index is 1230. The summed E-state index contributed by atoms with van der Waals surface area (Å²) in [6.45, 7) is -1.49. The largest absolute Gasteiger partial charge is 0.453 e. The molecule has 3 aromatic rings. The lowest BCUT2D eigenvalue weighted by Crippen LogP contribution is -2.38. The van der Waals surface area contributed by atoms with Crippen molar-refractivity contribution in [3.05, 3.63) is 76.3 Å². The molecule has 0 radical (unpaired) electrons. The summed E-state index contributed by atoms with van der Waals surface area (Å²) in [6.07, 6.45) is -3.27. The van der Waals surface area contributed by atoms with Crippen molar-refractivity contribution in [2.45, 2.75) is 32.2 Å². The minimum Gasteiger partial charge on any atom is -0.453 e. The third-order valence-corrected chi connectivity index (χ3v) is 5.44. The van der Waals surface area contributed by atoms with Gasteiger partial charge in [-0.1, -0.05) is 23.7 Å². The Hall–Kier alpha value is -3.18. The molecule has 0 saturated heterocycles. The molecule has 2 aromatic carbocycles. The Morgan fingerprint density at radius 3 is 2.53 bits per heavy atom. The lowest BCUT2D eigenvalue weighted by atomic mass is 10.1. The van der Waals surface area contributed by atoms with E-state index in [1.165, 1.54) is 37.4 Å². The Kier molecular flexibility index (Phi) is 8.91. The number of carbonyl (C=O) groups is 1. The molecule has 0 aliphatic rings. The molecular weight excluding hydrogens is 532 g/mol. The number of nitrogens with zero attached hydrogens (tertiary/aromatic N) is 2. The number of aryl methyl sites for hydroxylation is 1. The normalized spacial score (nSPS) is 12.4. The van der Waals surface area contributed by atoms with Crippen LogP contribution in [0.15, 0.2) is 48.7 Å². The molecule has 6 nitrogen and oxygen atoms in total. The number of benzene rings is 2. The summed E-state index contributed by atoms with van der Waals surface area (Å²) in [5.74, 6) is -1.02. The summed E-state index contributed by atoms with van der Waals surface area (Å²) in [4.78, 5) is 21.0. The molecule has 0 bridgehead atoms. The standard InChI is InChI=1S/C23H18Cl2F5N3O3/c1-12-31-11-19(35-16-4-2-3-14(8-16)23(28,29)30)20(32-12)21(34)33-15(10-24)7-13-5-6-17(9-18(13)25)36-22(26)27/h2-6,8-9,11,15,22H,7,10H2,1H3,(H,33,34)/t15-/m1/s1. The van der Waals surface area contributed by atoms with Gasteiger partial charge in [0.1, 0.15) is 17.3 Å². The van der Waals surface area contributed by atoms with Gasteiger partial charge in [0.15, 0.2) is 11.4 Å². The van der Waals surface area contributed by atoms with Gasteiger partial charge in [-0.3, -0.25) is 4.79 Å². The molecule has 1 heterocycles. The monoisotopic (exact) mass is 549 g/mol. The SMILES string of the molecule is Cc1ncc(Oc2cccc(C(F)(F)F)c2)c(C(=O)N[C@@H](CCl)Cc2ccc(OC(F)F)cc2Cl)n1. The van der Waals surface area contributed by atoms with Crippen LogP contribution in [0, 0.1) is 6.92 Å². The third-order valence-electron chi connectivity index (χ3n) is 4.72. The number of aromatic nitrogens is 2. The van der Waals surface area contributed by atoms with Crippen molar-refractivity contribution in [2.75, 3.05) is 5.88 Å². The predicted molar refractivity (Wildman–Crippen MR) is 122 cm³/mol. The van der Waals surface area contributed by atoms with Gasteiger partial charge < -0.3 is 14.8 Å². The van der Waals surface area contributed by atoms with Gasteiger partial charge in [-0.25, -0.2) is 9.97 Å². The second-order valence-electron chi connectivity index (χ2n) is 7.42. The fourth-order valence-corrected chi connectivity index (χ4v) is 3.53. The van der Waals surface area contributed by atoms with Crippen LogP contribution in [0.1, 0.15) is 27.4 Å². The van der Waals surface area contributed by atoms with Gasteiger partial charge in [-0.15, -0.1) is 11.6 Å². The number of rotatable bonds is 9. The molecule has 1 atom stereocenters. The number of halogens is 7. The van der Waals surface area contributed by atoms with E-state index < -0.39 is 30.3 Å². The topological polar surface area (TPSA) is 73.3 Å². The number of carbonyl (C=O) groups excluding carboxylic acids is 1. The molecule has 0 fully saturated rings. The van der Waals surface area contributed by atoms with Crippen LogP contribution in [0.5, 0.6) is 17.2 Å². The maximum absolute atomic E-state index is 13.0. The highest BCUT2D eigenvalue weighted by atomic mass is 35.5. The molecule has 1 aromatic heterocycles. The minimum absolute atomic E-state index is 0.0504. The molecule has 0 aliphatic heterocycles. The molecule has 0 unspecified atom stereocenters. The van der Waals surface area contributed by atoms with Crippen LogP contribution >= 0.6 is 23.2 Å². The first-order valence-electron chi connectivity index (χ1n) is 10.2. The van der Waals surface area contributed by atoms with Crippen LogP contribution in [0.25, 0.3) is 0 Å². The molecule has 13 heteroatoms. The molecule has 0 saturated carbocycles. The highest BCUT2D eigenvalue weighted by Gasteiger charge is 2.31. The van der Waals surface area contributed by atoms with E-state index in [0.29, 0.717) is 5.56 Å². The molecule has 1 amide bonds. The first-order valence-corrected chi connectivity index (χ1v) is 11.2. The predicted octanol–water partition coefficient (Wildman–Crippen LogP) is 6.43. The van der Waals surface area contributed by atoms with Crippen LogP contribution in [-0.4, -0.2) is 34.4 Å². The number of hydrogen-bond donors (Lipinski definition) is 1. The van der Waals surface area contributed by atoms with Gasteiger partial charge in [-0.2, -0.15) is 22.0 Å². The lowest BCUT2D eigenvalue weighted by Gasteiger charge is -2.18. The molecule has 192 valence electrons. The van der Waals surface area contributed by atoms with Crippen LogP contribution < -0.4 is 14.8 Å². The molecule has 1 N–H and O–H groups in total. The summed E-state index contributed by atoms with van der Waals surface area (Å²) in [5.41, 5.74) is -0.645. The second kappa shape index (κ2) is 11.7. The van der Waals surface area contributed by atoms with E-state index in [1.54, 1.807) is 0 Å². The quantitative estimate of drug-likeness (QED) is 0.246. The van der Waals surface area contributed by atoms with Crippen LogP contribution in [0.2, 0.25) is 5.02 Å². The van der Waals surface area contributed by atoms with Crippen molar-refractivity contribution in [1.82, 2.24) is 15.3 Å².